The molecule has 5 rings (SSSR count). The van der Waals surface area contributed by atoms with Crippen LogP contribution in [0.2, 0.25) is 0 Å². The fraction of sp³-hybridized carbons (Fsp3) is 0.478. The van der Waals surface area contributed by atoms with Crippen molar-refractivity contribution in [1.29, 1.82) is 0 Å². The van der Waals surface area contributed by atoms with Gasteiger partial charge in [-0.15, -0.1) is 0 Å². The van der Waals surface area contributed by atoms with E-state index in [0.717, 1.165) is 12.8 Å². The van der Waals surface area contributed by atoms with Crippen molar-refractivity contribution in [3.8, 4) is 0 Å². The summed E-state index contributed by atoms with van der Waals surface area (Å²) in [5.74, 6) is 1.06. The minimum Gasteiger partial charge on any atom is -0.379 e. The summed E-state index contributed by atoms with van der Waals surface area (Å²) in [5.41, 5.74) is 1.14. The van der Waals surface area contributed by atoms with E-state index in [1.54, 1.807) is 18.2 Å². The van der Waals surface area contributed by atoms with E-state index in [1.165, 1.54) is 20.6 Å². The number of sulfonamides is 1. The summed E-state index contributed by atoms with van der Waals surface area (Å²) in [5, 5.41) is 0.600. The summed E-state index contributed by atoms with van der Waals surface area (Å²) >= 11 is 1.39. The second kappa shape index (κ2) is 10.4. The molecule has 4 aromatic rings. The van der Waals surface area contributed by atoms with Crippen molar-refractivity contribution in [3.05, 3.63) is 44.9 Å². The number of imidazole rings is 2. The second-order valence-corrected chi connectivity index (χ2v) is 11.6. The van der Waals surface area contributed by atoms with Crippen molar-refractivity contribution in [1.82, 2.24) is 33.4 Å². The summed E-state index contributed by atoms with van der Waals surface area (Å²) in [7, 11) is -3.62. The van der Waals surface area contributed by atoms with Crippen molar-refractivity contribution in [2.24, 2.45) is 0 Å². The molecule has 1 aromatic carbocycles. The zero-order chi connectivity index (χ0) is 26.2. The molecule has 0 aliphatic carbocycles. The lowest BCUT2D eigenvalue weighted by Crippen LogP contribution is -2.40. The number of benzene rings is 1. The van der Waals surface area contributed by atoms with Gasteiger partial charge in [-0.2, -0.15) is 4.31 Å². The summed E-state index contributed by atoms with van der Waals surface area (Å²) in [6.45, 7) is 6.39. The number of aromatic nitrogens is 6. The van der Waals surface area contributed by atoms with Gasteiger partial charge in [0.15, 0.2) is 16.3 Å². The lowest BCUT2D eigenvalue weighted by Gasteiger charge is -2.25. The molecule has 3 aromatic heterocycles. The van der Waals surface area contributed by atoms with Crippen LogP contribution in [0.3, 0.4) is 0 Å². The molecule has 198 valence electrons. The van der Waals surface area contributed by atoms with Gasteiger partial charge in [0.1, 0.15) is 5.82 Å². The van der Waals surface area contributed by atoms with Crippen molar-refractivity contribution in [2.75, 3.05) is 26.3 Å². The molecular formula is C23H29N7O5S2. The number of aryl methyl sites for hydroxylation is 2. The van der Waals surface area contributed by atoms with Crippen LogP contribution in [-0.4, -0.2) is 68.1 Å². The first-order chi connectivity index (χ1) is 17.8. The highest BCUT2D eigenvalue weighted by Crippen LogP contribution is 2.27. The fourth-order valence-corrected chi connectivity index (χ4v) is 6.72. The van der Waals surface area contributed by atoms with Crippen LogP contribution in [0.25, 0.3) is 22.2 Å². The van der Waals surface area contributed by atoms with E-state index >= 15 is 0 Å². The standard InChI is InChI=1S/C23H29N7O5S2/c1-3-5-8-30-20-19(21(31)27-23(30)32)29(4-2)18(26-20)14-36-22-24-16-7-6-15(13-17(16)25-22)37(33,34)28-9-11-35-12-10-28/h6-7,13H,3-5,8-12,14H2,1-2H3,(H,24,25)(H,27,31,32). The number of hydrogen-bond acceptors (Lipinski definition) is 8. The molecule has 1 saturated heterocycles. The molecule has 4 heterocycles. The normalized spacial score (nSPS) is 15.2. The number of rotatable bonds is 9. The number of H-pyrrole nitrogens is 2. The number of nitrogens with one attached hydrogen (secondary N) is 2. The third kappa shape index (κ3) is 4.85. The molecule has 0 bridgehead atoms. The maximum Gasteiger partial charge on any atom is 0.330 e. The van der Waals surface area contributed by atoms with Gasteiger partial charge in [-0.25, -0.2) is 23.2 Å². The Balaban J connectivity index is 1.42. The molecule has 14 heteroatoms. The number of ether oxygens (including phenoxy) is 1. The largest absolute Gasteiger partial charge is 0.379 e. The Morgan fingerprint density at radius 3 is 2.59 bits per heavy atom. The van der Waals surface area contributed by atoms with Crippen molar-refractivity contribution in [2.45, 2.75) is 55.6 Å². The second-order valence-electron chi connectivity index (χ2n) is 8.74. The number of morpholine rings is 1. The predicted octanol–water partition coefficient (Wildman–Crippen LogP) is 1.90. The highest BCUT2D eigenvalue weighted by atomic mass is 32.2. The molecule has 12 nitrogen and oxygen atoms in total. The highest BCUT2D eigenvalue weighted by molar-refractivity contribution is 7.98. The summed E-state index contributed by atoms with van der Waals surface area (Å²) in [6.07, 6.45) is 1.71. The average Bonchev–Trinajstić information content (AvgIpc) is 3.48. The van der Waals surface area contributed by atoms with Gasteiger partial charge in [-0.3, -0.25) is 14.3 Å². The topological polar surface area (TPSA) is 148 Å². The van der Waals surface area contributed by atoms with Gasteiger partial charge in [0.05, 0.1) is 34.9 Å². The zero-order valence-electron chi connectivity index (χ0n) is 20.7. The van der Waals surface area contributed by atoms with Crippen LogP contribution in [-0.2, 0) is 33.6 Å². The first kappa shape index (κ1) is 25.7. The van der Waals surface area contributed by atoms with E-state index in [1.807, 2.05) is 18.4 Å². The fourth-order valence-electron chi connectivity index (χ4n) is 4.46. The Labute approximate surface area is 217 Å². The third-order valence-electron chi connectivity index (χ3n) is 6.39. The Hall–Kier alpha value is -2.94. The Morgan fingerprint density at radius 1 is 1.08 bits per heavy atom. The van der Waals surface area contributed by atoms with Gasteiger partial charge in [0.25, 0.3) is 5.56 Å². The van der Waals surface area contributed by atoms with Gasteiger partial charge in [-0.1, -0.05) is 25.1 Å². The van der Waals surface area contributed by atoms with E-state index in [2.05, 4.69) is 19.9 Å². The summed E-state index contributed by atoms with van der Waals surface area (Å²) < 4.78 is 36.1. The minimum absolute atomic E-state index is 0.208. The van der Waals surface area contributed by atoms with Crippen LogP contribution in [0, 0.1) is 0 Å². The molecule has 0 radical (unpaired) electrons. The molecule has 0 unspecified atom stereocenters. The molecule has 0 spiro atoms. The first-order valence-electron chi connectivity index (χ1n) is 12.3. The van der Waals surface area contributed by atoms with Gasteiger partial charge < -0.3 is 14.3 Å². The van der Waals surface area contributed by atoms with Crippen LogP contribution >= 0.6 is 11.8 Å². The molecule has 1 fully saturated rings. The first-order valence-corrected chi connectivity index (χ1v) is 14.7. The highest BCUT2D eigenvalue weighted by Gasteiger charge is 2.27. The van der Waals surface area contributed by atoms with E-state index in [9.17, 15) is 18.0 Å². The monoisotopic (exact) mass is 547 g/mol. The molecule has 1 aliphatic rings. The Morgan fingerprint density at radius 2 is 1.86 bits per heavy atom. The molecule has 0 saturated carbocycles. The SMILES string of the molecule is CCCCn1c(=O)[nH]c(=O)c2c1nc(CSc1nc3ccc(S(=O)(=O)N4CCOCC4)cc3[nH]1)n2CC. The molecule has 37 heavy (non-hydrogen) atoms. The predicted molar refractivity (Wildman–Crippen MR) is 140 cm³/mol. The third-order valence-corrected chi connectivity index (χ3v) is 9.16. The number of fused-ring (bicyclic) bond motifs is 2. The van der Waals surface area contributed by atoms with E-state index in [4.69, 9.17) is 4.74 Å². The molecular weight excluding hydrogens is 518 g/mol. The van der Waals surface area contributed by atoms with Gasteiger partial charge in [0.2, 0.25) is 10.0 Å². The maximum atomic E-state index is 13.0. The molecule has 0 atom stereocenters. The van der Waals surface area contributed by atoms with Crippen molar-refractivity contribution < 1.29 is 13.2 Å². The van der Waals surface area contributed by atoms with Crippen LogP contribution < -0.4 is 11.2 Å². The van der Waals surface area contributed by atoms with E-state index in [-0.39, 0.29) is 4.90 Å². The number of unbranched alkanes of at least 4 members (excludes halogenated alkanes) is 1. The van der Waals surface area contributed by atoms with Gasteiger partial charge >= 0.3 is 5.69 Å². The lowest BCUT2D eigenvalue weighted by atomic mass is 10.3. The Bertz CT molecular complexity index is 1660. The quantitative estimate of drug-likeness (QED) is 0.302. The number of hydrogen-bond donors (Lipinski definition) is 2. The molecule has 2 N–H and O–H groups in total. The van der Waals surface area contributed by atoms with E-state index in [0.29, 0.717) is 78.3 Å². The summed E-state index contributed by atoms with van der Waals surface area (Å²) in [4.78, 5) is 40.1. The maximum absolute atomic E-state index is 13.0. The van der Waals surface area contributed by atoms with Crippen molar-refractivity contribution >= 4 is 44.0 Å². The molecule has 0 amide bonds. The number of thioether (sulfide) groups is 1. The van der Waals surface area contributed by atoms with Crippen LogP contribution in [0.1, 0.15) is 32.5 Å². The molecule has 1 aliphatic heterocycles. The minimum atomic E-state index is -3.62. The van der Waals surface area contributed by atoms with Crippen LogP contribution in [0.5, 0.6) is 0 Å². The van der Waals surface area contributed by atoms with Crippen LogP contribution in [0.4, 0.5) is 0 Å². The lowest BCUT2D eigenvalue weighted by molar-refractivity contribution is 0.0730. The smallest absolute Gasteiger partial charge is 0.330 e. The van der Waals surface area contributed by atoms with Gasteiger partial charge in [-0.05, 0) is 31.5 Å². The Kier molecular flexibility index (Phi) is 7.25. The number of nitrogens with zero attached hydrogens (tertiary/aromatic N) is 5. The van der Waals surface area contributed by atoms with E-state index < -0.39 is 21.3 Å². The summed E-state index contributed by atoms with van der Waals surface area (Å²) in [6, 6.07) is 4.86. The van der Waals surface area contributed by atoms with Gasteiger partial charge in [0, 0.05) is 26.2 Å². The van der Waals surface area contributed by atoms with Crippen molar-refractivity contribution in [3.63, 3.8) is 0 Å². The number of aromatic amines is 2. The van der Waals surface area contributed by atoms with Crippen LogP contribution in [0.15, 0.2) is 37.8 Å². The average molecular weight is 548 g/mol. The zero-order valence-corrected chi connectivity index (χ0v) is 22.3.